The summed E-state index contributed by atoms with van der Waals surface area (Å²) in [5.41, 5.74) is 9.21. The fourth-order valence-electron chi connectivity index (χ4n) is 1.89. The summed E-state index contributed by atoms with van der Waals surface area (Å²) in [6, 6.07) is 18.3. The summed E-state index contributed by atoms with van der Waals surface area (Å²) < 4.78 is 0. The van der Waals surface area contributed by atoms with Gasteiger partial charge in [0.05, 0.1) is 6.61 Å². The fraction of sp³-hybridized carbons (Fsp3) is 0.176. The Morgan fingerprint density at radius 1 is 0.895 bits per heavy atom. The van der Waals surface area contributed by atoms with Gasteiger partial charge in [0.1, 0.15) is 0 Å². The first-order valence-electron chi connectivity index (χ1n) is 6.46. The average Bonchev–Trinajstić information content (AvgIpc) is 2.47. The van der Waals surface area contributed by atoms with Crippen molar-refractivity contribution in [1.82, 2.24) is 0 Å². The highest BCUT2D eigenvalue weighted by Crippen LogP contribution is 2.10. The molecule has 0 aliphatic carbocycles. The van der Waals surface area contributed by atoms with Crippen LogP contribution in [0.1, 0.15) is 16.7 Å². The highest BCUT2D eigenvalue weighted by Gasteiger charge is 2.01. The summed E-state index contributed by atoms with van der Waals surface area (Å²) in [5, 5.41) is 8.92. The molecule has 0 aromatic heterocycles. The highest BCUT2D eigenvalue weighted by atomic mass is 16.3. The van der Waals surface area contributed by atoms with Gasteiger partial charge < -0.3 is 10.8 Å². The second-order valence-corrected chi connectivity index (χ2v) is 4.63. The molecule has 0 radical (unpaired) electrons. The smallest absolute Gasteiger partial charge is 0.0585 e. The van der Waals surface area contributed by atoms with Crippen molar-refractivity contribution < 1.29 is 5.11 Å². The Morgan fingerprint density at radius 3 is 2.05 bits per heavy atom. The molecule has 0 spiro atoms. The quantitative estimate of drug-likeness (QED) is 0.805. The maximum atomic E-state index is 8.92. The summed E-state index contributed by atoms with van der Waals surface area (Å²) in [4.78, 5) is 0. The zero-order valence-electron chi connectivity index (χ0n) is 10.9. The maximum Gasteiger partial charge on any atom is 0.0585 e. The highest BCUT2D eigenvalue weighted by molar-refractivity contribution is 5.69. The molecule has 2 aromatic carbocycles. The Morgan fingerprint density at radius 2 is 1.47 bits per heavy atom. The van der Waals surface area contributed by atoms with Crippen molar-refractivity contribution in [1.29, 1.82) is 0 Å². The predicted molar refractivity (Wildman–Crippen MR) is 80.6 cm³/mol. The van der Waals surface area contributed by atoms with Gasteiger partial charge in [-0.25, -0.2) is 0 Å². The van der Waals surface area contributed by atoms with Crippen molar-refractivity contribution >= 4 is 12.2 Å². The second-order valence-electron chi connectivity index (χ2n) is 4.63. The van der Waals surface area contributed by atoms with Crippen LogP contribution in [-0.2, 0) is 6.42 Å². The van der Waals surface area contributed by atoms with Crippen LogP contribution in [0.5, 0.6) is 0 Å². The molecule has 0 fully saturated rings. The van der Waals surface area contributed by atoms with Gasteiger partial charge >= 0.3 is 0 Å². The number of hydrogen-bond donors (Lipinski definition) is 2. The molecule has 98 valence electrons. The third-order valence-electron chi connectivity index (χ3n) is 2.98. The van der Waals surface area contributed by atoms with E-state index < -0.39 is 0 Å². The summed E-state index contributed by atoms with van der Waals surface area (Å²) in [6.07, 6.45) is 4.89. The maximum absolute atomic E-state index is 8.92. The van der Waals surface area contributed by atoms with Crippen LogP contribution in [0, 0.1) is 0 Å². The van der Waals surface area contributed by atoms with E-state index in [0.29, 0.717) is 6.42 Å². The Kier molecular flexibility index (Phi) is 4.90. The van der Waals surface area contributed by atoms with Crippen LogP contribution in [0.2, 0.25) is 0 Å². The Balaban J connectivity index is 2.01. The van der Waals surface area contributed by atoms with Gasteiger partial charge in [0.2, 0.25) is 0 Å². The van der Waals surface area contributed by atoms with E-state index in [1.54, 1.807) is 0 Å². The molecule has 2 rings (SSSR count). The molecule has 0 saturated carbocycles. The summed E-state index contributed by atoms with van der Waals surface area (Å²) in [7, 11) is 0. The van der Waals surface area contributed by atoms with Gasteiger partial charge in [-0.1, -0.05) is 66.7 Å². The fourth-order valence-corrected chi connectivity index (χ4v) is 1.89. The molecular formula is C17H19NO. The number of aliphatic hydroxyl groups excluding tert-OH is 1. The van der Waals surface area contributed by atoms with E-state index in [9.17, 15) is 0 Å². The standard InChI is InChI=1S/C17H19NO/c18-17(13-19)12-16-10-8-15(9-11-16)7-6-14-4-2-1-3-5-14/h1-11,17,19H,12-13,18H2/b7-6+. The molecule has 1 unspecified atom stereocenters. The summed E-state index contributed by atoms with van der Waals surface area (Å²) >= 11 is 0. The molecule has 3 N–H and O–H groups in total. The first-order chi connectivity index (χ1) is 9.28. The average molecular weight is 253 g/mol. The van der Waals surface area contributed by atoms with Crippen LogP contribution in [0.25, 0.3) is 12.2 Å². The van der Waals surface area contributed by atoms with Crippen molar-refractivity contribution in [3.8, 4) is 0 Å². The van der Waals surface area contributed by atoms with E-state index in [1.165, 1.54) is 5.56 Å². The van der Waals surface area contributed by atoms with Crippen molar-refractivity contribution in [3.63, 3.8) is 0 Å². The van der Waals surface area contributed by atoms with Gasteiger partial charge in [-0.15, -0.1) is 0 Å². The molecule has 0 aliphatic rings. The van der Waals surface area contributed by atoms with E-state index in [1.807, 2.05) is 18.2 Å². The molecule has 0 heterocycles. The number of nitrogens with two attached hydrogens (primary N) is 1. The van der Waals surface area contributed by atoms with E-state index in [4.69, 9.17) is 10.8 Å². The van der Waals surface area contributed by atoms with Gasteiger partial charge in [0.25, 0.3) is 0 Å². The lowest BCUT2D eigenvalue weighted by molar-refractivity contribution is 0.265. The first kappa shape index (κ1) is 13.5. The number of benzene rings is 2. The van der Waals surface area contributed by atoms with Crippen LogP contribution in [0.15, 0.2) is 54.6 Å². The molecule has 0 amide bonds. The molecule has 0 bridgehead atoms. The number of aliphatic hydroxyl groups is 1. The third kappa shape index (κ3) is 4.36. The van der Waals surface area contributed by atoms with E-state index in [-0.39, 0.29) is 12.6 Å². The van der Waals surface area contributed by atoms with Crippen LogP contribution in [0.3, 0.4) is 0 Å². The molecule has 2 nitrogen and oxygen atoms in total. The largest absolute Gasteiger partial charge is 0.395 e. The monoisotopic (exact) mass is 253 g/mol. The minimum Gasteiger partial charge on any atom is -0.395 e. The first-order valence-corrected chi connectivity index (χ1v) is 6.46. The van der Waals surface area contributed by atoms with Gasteiger partial charge in [-0.05, 0) is 23.1 Å². The van der Waals surface area contributed by atoms with Crippen LogP contribution in [0.4, 0.5) is 0 Å². The molecule has 2 aromatic rings. The topological polar surface area (TPSA) is 46.2 Å². The normalized spacial score (nSPS) is 12.7. The predicted octanol–water partition coefficient (Wildman–Crippen LogP) is 2.72. The summed E-state index contributed by atoms with van der Waals surface area (Å²) in [6.45, 7) is 0.0235. The zero-order valence-corrected chi connectivity index (χ0v) is 10.9. The molecule has 0 aliphatic heterocycles. The minimum atomic E-state index is -0.175. The minimum absolute atomic E-state index is 0.0235. The van der Waals surface area contributed by atoms with Gasteiger partial charge in [0, 0.05) is 6.04 Å². The zero-order chi connectivity index (χ0) is 13.5. The summed E-state index contributed by atoms with van der Waals surface area (Å²) in [5.74, 6) is 0. The SMILES string of the molecule is NC(CO)Cc1ccc(/C=C/c2ccccc2)cc1. The van der Waals surface area contributed by atoms with Crippen molar-refractivity contribution in [2.75, 3.05) is 6.61 Å². The Hall–Kier alpha value is -1.90. The lowest BCUT2D eigenvalue weighted by Gasteiger charge is -2.07. The number of rotatable bonds is 5. The van der Waals surface area contributed by atoms with Crippen LogP contribution >= 0.6 is 0 Å². The molecular weight excluding hydrogens is 234 g/mol. The van der Waals surface area contributed by atoms with Crippen molar-refractivity contribution in [3.05, 3.63) is 71.3 Å². The Bertz CT molecular complexity index is 517. The van der Waals surface area contributed by atoms with E-state index in [0.717, 1.165) is 11.1 Å². The second kappa shape index (κ2) is 6.88. The molecule has 0 saturated heterocycles. The molecule has 2 heteroatoms. The van der Waals surface area contributed by atoms with E-state index >= 15 is 0 Å². The Labute approximate surface area is 114 Å². The molecule has 1 atom stereocenters. The number of hydrogen-bond acceptors (Lipinski definition) is 2. The molecule has 19 heavy (non-hydrogen) atoms. The van der Waals surface area contributed by atoms with Crippen molar-refractivity contribution in [2.24, 2.45) is 5.73 Å². The lowest BCUT2D eigenvalue weighted by Crippen LogP contribution is -2.26. The van der Waals surface area contributed by atoms with Gasteiger partial charge in [-0.3, -0.25) is 0 Å². The van der Waals surface area contributed by atoms with Gasteiger partial charge in [0.15, 0.2) is 0 Å². The third-order valence-corrected chi connectivity index (χ3v) is 2.98. The van der Waals surface area contributed by atoms with Crippen LogP contribution in [-0.4, -0.2) is 17.8 Å². The lowest BCUT2D eigenvalue weighted by atomic mass is 10.0. The van der Waals surface area contributed by atoms with Crippen molar-refractivity contribution in [2.45, 2.75) is 12.5 Å². The van der Waals surface area contributed by atoms with Crippen LogP contribution < -0.4 is 5.73 Å². The van der Waals surface area contributed by atoms with Gasteiger partial charge in [-0.2, -0.15) is 0 Å². The van der Waals surface area contributed by atoms with E-state index in [2.05, 4.69) is 48.6 Å².